The molecule has 2 aliphatic heterocycles. The predicted octanol–water partition coefficient (Wildman–Crippen LogP) is 2.33. The van der Waals surface area contributed by atoms with Crippen molar-refractivity contribution in [3.8, 4) is 0 Å². The van der Waals surface area contributed by atoms with Crippen LogP contribution in [0.1, 0.15) is 39.0 Å². The third kappa shape index (κ3) is 2.69. The second-order valence-electron chi connectivity index (χ2n) is 6.53. The van der Waals surface area contributed by atoms with Gasteiger partial charge in [-0.1, -0.05) is 31.5 Å². The fraction of sp³-hybridized carbons (Fsp3) is 0.929. The number of nitrogens with one attached hydrogen (secondary N) is 1. The molecule has 0 amide bonds. The van der Waals surface area contributed by atoms with Gasteiger partial charge in [-0.25, -0.2) is 0 Å². The highest BCUT2D eigenvalue weighted by Gasteiger charge is 2.40. The van der Waals surface area contributed by atoms with E-state index in [-0.39, 0.29) is 0 Å². The minimum Gasteiger partial charge on any atom is -0.359 e. The molecule has 3 fully saturated rings. The topological polar surface area (TPSA) is 27.6 Å². The minimum atomic E-state index is 0.381. The van der Waals surface area contributed by atoms with E-state index in [9.17, 15) is 0 Å². The quantitative estimate of drug-likeness (QED) is 0.790. The molecular weight excluding hydrogens is 242 g/mol. The maximum absolute atomic E-state index is 4.93. The van der Waals surface area contributed by atoms with Gasteiger partial charge in [0.25, 0.3) is 0 Å². The van der Waals surface area contributed by atoms with Crippen LogP contribution in [0.25, 0.3) is 0 Å². The van der Waals surface area contributed by atoms with Gasteiger partial charge >= 0.3 is 0 Å². The lowest BCUT2D eigenvalue weighted by Gasteiger charge is -2.36. The van der Waals surface area contributed by atoms with Gasteiger partial charge in [-0.3, -0.25) is 4.99 Å². The molecule has 18 heavy (non-hydrogen) atoms. The lowest BCUT2D eigenvalue weighted by Crippen LogP contribution is -2.47. The second kappa shape index (κ2) is 5.04. The Balaban J connectivity index is 1.62. The molecule has 1 N–H and O–H groups in total. The number of likely N-dealkylation sites (tertiary alicyclic amines) is 1. The summed E-state index contributed by atoms with van der Waals surface area (Å²) < 4.78 is 0. The van der Waals surface area contributed by atoms with Crippen LogP contribution in [0.2, 0.25) is 0 Å². The smallest absolute Gasteiger partial charge is 0.157 e. The molecule has 0 aromatic rings. The zero-order valence-electron chi connectivity index (χ0n) is 11.6. The number of likely N-dealkylation sites (N-methyl/N-ethyl adjacent to an activating group) is 1. The van der Waals surface area contributed by atoms with E-state index in [2.05, 4.69) is 24.2 Å². The Kier molecular flexibility index (Phi) is 3.59. The number of thioether (sulfide) groups is 1. The average Bonchev–Trinajstić information content (AvgIpc) is 2.87. The number of nitrogens with zero attached hydrogens (tertiary/aromatic N) is 2. The zero-order valence-corrected chi connectivity index (χ0v) is 12.4. The van der Waals surface area contributed by atoms with Gasteiger partial charge in [0.2, 0.25) is 0 Å². The highest BCUT2D eigenvalue weighted by Crippen LogP contribution is 2.38. The summed E-state index contributed by atoms with van der Waals surface area (Å²) in [5, 5.41) is 5.00. The van der Waals surface area contributed by atoms with Gasteiger partial charge in [0.1, 0.15) is 0 Å². The highest BCUT2D eigenvalue weighted by molar-refractivity contribution is 8.14. The second-order valence-corrected chi connectivity index (χ2v) is 7.50. The third-order valence-corrected chi connectivity index (χ3v) is 5.79. The fourth-order valence-electron chi connectivity index (χ4n) is 3.66. The molecule has 2 saturated heterocycles. The molecule has 0 bridgehead atoms. The summed E-state index contributed by atoms with van der Waals surface area (Å²) in [5.41, 5.74) is 0.381. The van der Waals surface area contributed by atoms with Crippen molar-refractivity contribution in [2.75, 3.05) is 25.9 Å². The van der Waals surface area contributed by atoms with Crippen LogP contribution >= 0.6 is 11.8 Å². The summed E-state index contributed by atoms with van der Waals surface area (Å²) in [4.78, 5) is 7.31. The van der Waals surface area contributed by atoms with E-state index in [1.54, 1.807) is 0 Å². The van der Waals surface area contributed by atoms with Crippen molar-refractivity contribution < 1.29 is 0 Å². The van der Waals surface area contributed by atoms with Gasteiger partial charge in [0.05, 0.1) is 6.04 Å². The van der Waals surface area contributed by atoms with Crippen molar-refractivity contribution >= 4 is 16.9 Å². The van der Waals surface area contributed by atoms with E-state index in [0.717, 1.165) is 12.5 Å². The molecule has 0 aromatic carbocycles. The Morgan fingerprint density at radius 1 is 1.44 bits per heavy atom. The van der Waals surface area contributed by atoms with Gasteiger partial charge in [-0.15, -0.1) is 0 Å². The average molecular weight is 267 g/mol. The maximum Gasteiger partial charge on any atom is 0.157 e. The summed E-state index contributed by atoms with van der Waals surface area (Å²) in [6.45, 7) is 4.73. The van der Waals surface area contributed by atoms with Crippen molar-refractivity contribution in [1.29, 1.82) is 0 Å². The monoisotopic (exact) mass is 267 g/mol. The molecular formula is C14H25N3S. The Bertz CT molecular complexity index is 344. The van der Waals surface area contributed by atoms with Gasteiger partial charge in [0, 0.05) is 17.8 Å². The summed E-state index contributed by atoms with van der Waals surface area (Å²) in [6, 6.07) is 0.529. The number of hydrogen-bond donors (Lipinski definition) is 1. The van der Waals surface area contributed by atoms with Crippen LogP contribution in [-0.2, 0) is 0 Å². The largest absolute Gasteiger partial charge is 0.359 e. The zero-order chi connectivity index (χ0) is 12.6. The molecule has 1 saturated carbocycles. The number of amidine groups is 1. The van der Waals surface area contributed by atoms with Gasteiger partial charge in [-0.05, 0) is 38.8 Å². The summed E-state index contributed by atoms with van der Waals surface area (Å²) >= 11 is 1.96. The molecule has 102 valence electrons. The standard InChI is InChI=1S/C14H25N3S/c1-11-4-3-6-14(8-11)10-18-13(16-14)15-12-5-7-17(2)9-12/h11-12H,3-10H2,1-2H3,(H,15,16). The van der Waals surface area contributed by atoms with Crippen LogP contribution in [0.4, 0.5) is 0 Å². The Morgan fingerprint density at radius 3 is 3.06 bits per heavy atom. The van der Waals surface area contributed by atoms with Gasteiger partial charge < -0.3 is 10.2 Å². The van der Waals surface area contributed by atoms with E-state index in [4.69, 9.17) is 4.99 Å². The first kappa shape index (κ1) is 12.8. The molecule has 3 unspecified atom stereocenters. The SMILES string of the molecule is CC1CCCC2(CSC(=NC3CCN(C)C3)N2)C1. The van der Waals surface area contributed by atoms with Crippen molar-refractivity contribution in [2.45, 2.75) is 50.6 Å². The van der Waals surface area contributed by atoms with Crippen LogP contribution < -0.4 is 5.32 Å². The number of aliphatic imine (C=N–C) groups is 1. The Labute approximate surface area is 115 Å². The Morgan fingerprint density at radius 2 is 2.33 bits per heavy atom. The van der Waals surface area contributed by atoms with Crippen LogP contribution in [0.15, 0.2) is 4.99 Å². The third-order valence-electron chi connectivity index (χ3n) is 4.62. The van der Waals surface area contributed by atoms with Gasteiger partial charge in [-0.2, -0.15) is 0 Å². The molecule has 3 rings (SSSR count). The van der Waals surface area contributed by atoms with Crippen molar-refractivity contribution in [3.63, 3.8) is 0 Å². The highest BCUT2D eigenvalue weighted by atomic mass is 32.2. The molecule has 3 atom stereocenters. The number of rotatable bonds is 1. The van der Waals surface area contributed by atoms with E-state index in [1.807, 2.05) is 11.8 Å². The van der Waals surface area contributed by atoms with Crippen molar-refractivity contribution in [1.82, 2.24) is 10.2 Å². The Hall–Kier alpha value is -0.220. The van der Waals surface area contributed by atoms with Crippen LogP contribution in [-0.4, -0.2) is 47.5 Å². The van der Waals surface area contributed by atoms with E-state index in [1.165, 1.54) is 49.6 Å². The maximum atomic E-state index is 4.93. The molecule has 2 heterocycles. The lowest BCUT2D eigenvalue weighted by atomic mass is 9.78. The van der Waals surface area contributed by atoms with Crippen molar-refractivity contribution in [2.24, 2.45) is 10.9 Å². The molecule has 0 radical (unpaired) electrons. The van der Waals surface area contributed by atoms with Crippen LogP contribution in [0.3, 0.4) is 0 Å². The first-order valence-electron chi connectivity index (χ1n) is 7.33. The first-order chi connectivity index (χ1) is 8.65. The summed E-state index contributed by atoms with van der Waals surface area (Å²) in [6.07, 6.45) is 6.70. The normalized spacial score (nSPS) is 43.8. The van der Waals surface area contributed by atoms with Gasteiger partial charge in [0.15, 0.2) is 5.17 Å². The fourth-order valence-corrected chi connectivity index (χ4v) is 4.92. The van der Waals surface area contributed by atoms with E-state index >= 15 is 0 Å². The first-order valence-corrected chi connectivity index (χ1v) is 8.31. The van der Waals surface area contributed by atoms with E-state index < -0.39 is 0 Å². The van der Waals surface area contributed by atoms with Crippen molar-refractivity contribution in [3.05, 3.63) is 0 Å². The molecule has 4 heteroatoms. The molecule has 3 nitrogen and oxygen atoms in total. The lowest BCUT2D eigenvalue weighted by molar-refractivity contribution is 0.242. The van der Waals surface area contributed by atoms with Crippen LogP contribution in [0, 0.1) is 5.92 Å². The minimum absolute atomic E-state index is 0.381. The summed E-state index contributed by atoms with van der Waals surface area (Å²) in [7, 11) is 2.19. The summed E-state index contributed by atoms with van der Waals surface area (Å²) in [5.74, 6) is 2.11. The predicted molar refractivity (Wildman–Crippen MR) is 79.3 cm³/mol. The molecule has 1 aliphatic carbocycles. The van der Waals surface area contributed by atoms with Crippen LogP contribution in [0.5, 0.6) is 0 Å². The molecule has 1 spiro atoms. The molecule has 3 aliphatic rings. The molecule has 0 aromatic heterocycles. The van der Waals surface area contributed by atoms with E-state index in [0.29, 0.717) is 11.6 Å². The number of hydrogen-bond acceptors (Lipinski definition) is 3.